The minimum Gasteiger partial charge on any atom is -0.493 e. The molecule has 3 rings (SSSR count). The number of benzene rings is 2. The number of carbonyl (C=O) groups excluding carboxylic acids is 1. The van der Waals surface area contributed by atoms with Gasteiger partial charge in [0.2, 0.25) is 0 Å². The van der Waals surface area contributed by atoms with Crippen LogP contribution >= 0.6 is 0 Å². The van der Waals surface area contributed by atoms with Gasteiger partial charge in [0.05, 0.1) is 20.3 Å². The van der Waals surface area contributed by atoms with Crippen molar-refractivity contribution in [2.45, 2.75) is 19.4 Å². The number of nitrogens with zero attached hydrogens (tertiary/aromatic N) is 1. The Labute approximate surface area is 147 Å². The van der Waals surface area contributed by atoms with E-state index in [1.165, 1.54) is 0 Å². The Balaban J connectivity index is 1.86. The van der Waals surface area contributed by atoms with Crippen molar-refractivity contribution in [3.8, 4) is 11.5 Å². The molecule has 2 aromatic rings. The number of ether oxygens (including phenoxy) is 2. The quantitative estimate of drug-likeness (QED) is 0.912. The number of carbonyl (C=O) groups is 1. The maximum Gasteiger partial charge on any atom is 0.270 e. The summed E-state index contributed by atoms with van der Waals surface area (Å²) < 4.78 is 10.7. The molecule has 1 amide bonds. The molecule has 0 saturated carbocycles. The van der Waals surface area contributed by atoms with E-state index < -0.39 is 0 Å². The molecule has 1 aliphatic heterocycles. The topological polar surface area (TPSA) is 59.9 Å². The molecule has 0 aromatic heterocycles. The molecule has 5 nitrogen and oxygen atoms in total. The van der Waals surface area contributed by atoms with E-state index in [1.807, 2.05) is 49.4 Å². The molecule has 1 N–H and O–H groups in total. The lowest BCUT2D eigenvalue weighted by molar-refractivity contribution is -0.115. The van der Waals surface area contributed by atoms with E-state index in [2.05, 4.69) is 10.3 Å². The van der Waals surface area contributed by atoms with E-state index in [4.69, 9.17) is 9.47 Å². The van der Waals surface area contributed by atoms with Crippen molar-refractivity contribution >= 4 is 11.6 Å². The standard InChI is InChI=1S/C20H22N2O3/c1-13(14-7-5-4-6-8-14)22-20(23)19-16-12-18(25-3)17(24-2)11-15(16)9-10-21-19/h4-8,11-13H,9-10H2,1-3H3,(H,22,23)/t13-/m0/s1. The zero-order chi connectivity index (χ0) is 17.8. The van der Waals surface area contributed by atoms with Crippen LogP contribution in [0.2, 0.25) is 0 Å². The molecule has 130 valence electrons. The summed E-state index contributed by atoms with van der Waals surface area (Å²) >= 11 is 0. The van der Waals surface area contributed by atoms with E-state index in [0.29, 0.717) is 23.8 Å². The van der Waals surface area contributed by atoms with Crippen LogP contribution in [-0.4, -0.2) is 32.4 Å². The average molecular weight is 338 g/mol. The Bertz CT molecular complexity index is 800. The molecule has 0 unspecified atom stereocenters. The van der Waals surface area contributed by atoms with Crippen molar-refractivity contribution in [3.05, 3.63) is 59.2 Å². The predicted octanol–water partition coefficient (Wildman–Crippen LogP) is 2.93. The summed E-state index contributed by atoms with van der Waals surface area (Å²) in [7, 11) is 3.19. The first kappa shape index (κ1) is 17.0. The van der Waals surface area contributed by atoms with E-state index in [-0.39, 0.29) is 11.9 Å². The zero-order valence-corrected chi connectivity index (χ0v) is 14.7. The molecule has 0 radical (unpaired) electrons. The summed E-state index contributed by atoms with van der Waals surface area (Å²) in [6.07, 6.45) is 0.778. The highest BCUT2D eigenvalue weighted by atomic mass is 16.5. The predicted molar refractivity (Wildman–Crippen MR) is 97.7 cm³/mol. The van der Waals surface area contributed by atoms with Crippen LogP contribution in [0, 0.1) is 0 Å². The molecule has 0 spiro atoms. The molecule has 0 aliphatic carbocycles. The first-order valence-corrected chi connectivity index (χ1v) is 8.29. The van der Waals surface area contributed by atoms with Crippen molar-refractivity contribution < 1.29 is 14.3 Å². The number of aliphatic imine (C=N–C) groups is 1. The number of fused-ring (bicyclic) bond motifs is 1. The van der Waals surface area contributed by atoms with Crippen LogP contribution in [-0.2, 0) is 11.2 Å². The monoisotopic (exact) mass is 338 g/mol. The maximum absolute atomic E-state index is 12.8. The summed E-state index contributed by atoms with van der Waals surface area (Å²) in [6.45, 7) is 2.55. The minimum absolute atomic E-state index is 0.0954. The summed E-state index contributed by atoms with van der Waals surface area (Å²) in [5.74, 6) is 1.09. The van der Waals surface area contributed by atoms with Crippen LogP contribution in [0.1, 0.15) is 29.7 Å². The third-order valence-electron chi connectivity index (χ3n) is 4.38. The first-order chi connectivity index (χ1) is 12.1. The Morgan fingerprint density at radius 1 is 1.12 bits per heavy atom. The third kappa shape index (κ3) is 3.50. The smallest absolute Gasteiger partial charge is 0.270 e. The number of hydrogen-bond donors (Lipinski definition) is 1. The van der Waals surface area contributed by atoms with Gasteiger partial charge in [-0.1, -0.05) is 30.3 Å². The summed E-state index contributed by atoms with van der Waals surface area (Å²) in [5, 5.41) is 3.03. The Morgan fingerprint density at radius 3 is 2.48 bits per heavy atom. The molecule has 0 saturated heterocycles. The molecule has 25 heavy (non-hydrogen) atoms. The van der Waals surface area contributed by atoms with Gasteiger partial charge < -0.3 is 14.8 Å². The van der Waals surface area contributed by atoms with Gasteiger partial charge in [0, 0.05) is 12.1 Å². The second kappa shape index (κ2) is 7.38. The van der Waals surface area contributed by atoms with Crippen molar-refractivity contribution in [1.29, 1.82) is 0 Å². The fourth-order valence-electron chi connectivity index (χ4n) is 3.01. The van der Waals surface area contributed by atoms with Crippen LogP contribution in [0.3, 0.4) is 0 Å². The zero-order valence-electron chi connectivity index (χ0n) is 14.7. The second-order valence-electron chi connectivity index (χ2n) is 5.95. The fraction of sp³-hybridized carbons (Fsp3) is 0.300. The Morgan fingerprint density at radius 2 is 1.80 bits per heavy atom. The van der Waals surface area contributed by atoms with Crippen LogP contribution in [0.5, 0.6) is 11.5 Å². The van der Waals surface area contributed by atoms with E-state index >= 15 is 0 Å². The number of methoxy groups -OCH3 is 2. The molecule has 1 atom stereocenters. The normalized spacial score (nSPS) is 14.1. The van der Waals surface area contributed by atoms with Crippen molar-refractivity contribution in [2.75, 3.05) is 20.8 Å². The molecule has 0 bridgehead atoms. The van der Waals surface area contributed by atoms with Gasteiger partial charge in [-0.15, -0.1) is 0 Å². The van der Waals surface area contributed by atoms with Crippen molar-refractivity contribution in [2.24, 2.45) is 4.99 Å². The van der Waals surface area contributed by atoms with E-state index in [1.54, 1.807) is 14.2 Å². The van der Waals surface area contributed by atoms with Crippen molar-refractivity contribution in [3.63, 3.8) is 0 Å². The number of amides is 1. The van der Waals surface area contributed by atoms with Crippen LogP contribution in [0.4, 0.5) is 0 Å². The highest BCUT2D eigenvalue weighted by molar-refractivity contribution is 6.46. The number of nitrogens with one attached hydrogen (secondary N) is 1. The molecule has 1 heterocycles. The van der Waals surface area contributed by atoms with Gasteiger partial charge in [-0.3, -0.25) is 9.79 Å². The van der Waals surface area contributed by atoms with Crippen molar-refractivity contribution in [1.82, 2.24) is 5.32 Å². The average Bonchev–Trinajstić information content (AvgIpc) is 2.66. The summed E-state index contributed by atoms with van der Waals surface area (Å²) in [4.78, 5) is 17.2. The number of rotatable bonds is 5. The molecular formula is C20H22N2O3. The van der Waals surface area contributed by atoms with E-state index in [0.717, 1.165) is 23.1 Å². The lowest BCUT2D eigenvalue weighted by Gasteiger charge is -2.21. The fourth-order valence-corrected chi connectivity index (χ4v) is 3.01. The Hall–Kier alpha value is -2.82. The highest BCUT2D eigenvalue weighted by Gasteiger charge is 2.24. The lowest BCUT2D eigenvalue weighted by atomic mass is 9.96. The van der Waals surface area contributed by atoms with Gasteiger partial charge in [-0.25, -0.2) is 0 Å². The van der Waals surface area contributed by atoms with Gasteiger partial charge in [0.25, 0.3) is 5.91 Å². The van der Waals surface area contributed by atoms with Gasteiger partial charge in [-0.2, -0.15) is 0 Å². The molecule has 5 heteroatoms. The van der Waals surface area contributed by atoms with E-state index in [9.17, 15) is 4.79 Å². The van der Waals surface area contributed by atoms with Gasteiger partial charge in [0.1, 0.15) is 5.71 Å². The SMILES string of the molecule is COc1cc2c(cc1OC)C(C(=O)N[C@@H](C)c1ccccc1)=NCC2. The first-order valence-electron chi connectivity index (χ1n) is 8.29. The highest BCUT2D eigenvalue weighted by Crippen LogP contribution is 2.32. The van der Waals surface area contributed by atoms with Crippen LogP contribution in [0.15, 0.2) is 47.5 Å². The summed E-state index contributed by atoms with van der Waals surface area (Å²) in [6, 6.07) is 13.5. The van der Waals surface area contributed by atoms with Crippen LogP contribution in [0.25, 0.3) is 0 Å². The summed E-state index contributed by atoms with van der Waals surface area (Å²) in [5.41, 5.74) is 3.36. The van der Waals surface area contributed by atoms with Gasteiger partial charge in [0.15, 0.2) is 11.5 Å². The molecule has 1 aliphatic rings. The molecule has 0 fully saturated rings. The van der Waals surface area contributed by atoms with Gasteiger partial charge in [-0.05, 0) is 36.6 Å². The lowest BCUT2D eigenvalue weighted by Crippen LogP contribution is -2.35. The molecular weight excluding hydrogens is 316 g/mol. The van der Waals surface area contributed by atoms with Crippen LogP contribution < -0.4 is 14.8 Å². The molecule has 2 aromatic carbocycles. The van der Waals surface area contributed by atoms with Gasteiger partial charge >= 0.3 is 0 Å². The largest absolute Gasteiger partial charge is 0.493 e. The maximum atomic E-state index is 12.8. The number of hydrogen-bond acceptors (Lipinski definition) is 4. The minimum atomic E-state index is -0.176. The Kier molecular flexibility index (Phi) is 5.03. The third-order valence-corrected chi connectivity index (χ3v) is 4.38. The second-order valence-corrected chi connectivity index (χ2v) is 5.95.